The molecule has 0 atom stereocenters. The molecule has 1 saturated carbocycles. The summed E-state index contributed by atoms with van der Waals surface area (Å²) in [7, 11) is 0. The summed E-state index contributed by atoms with van der Waals surface area (Å²) in [6.45, 7) is 2.03. The second-order valence-electron chi connectivity index (χ2n) is 4.51. The number of hydrogen-bond donors (Lipinski definition) is 1. The molecule has 90 valence electrons. The summed E-state index contributed by atoms with van der Waals surface area (Å²) in [6.07, 6.45) is 3.95. The molecular weight excluding hydrogens is 222 g/mol. The highest BCUT2D eigenvalue weighted by molar-refractivity contribution is 5.51. The van der Waals surface area contributed by atoms with E-state index in [0.29, 0.717) is 0 Å². The largest absolute Gasteiger partial charge is 0.377 e. The van der Waals surface area contributed by atoms with E-state index in [0.717, 1.165) is 25.7 Å². The Bertz CT molecular complexity index is 468. The van der Waals surface area contributed by atoms with Crippen LogP contribution in [0.1, 0.15) is 38.2 Å². The van der Waals surface area contributed by atoms with Crippen molar-refractivity contribution < 1.29 is 8.78 Å². The molecule has 1 fully saturated rings. The molecule has 0 saturated heterocycles. The molecule has 0 heterocycles. The number of nitrogens with zero attached hydrogens (tertiary/aromatic N) is 1. The van der Waals surface area contributed by atoms with Crippen molar-refractivity contribution in [2.45, 2.75) is 38.1 Å². The van der Waals surface area contributed by atoms with E-state index < -0.39 is 11.6 Å². The zero-order chi connectivity index (χ0) is 12.5. The average Bonchev–Trinajstić information content (AvgIpc) is 2.29. The first-order chi connectivity index (χ1) is 8.12. The number of anilines is 1. The van der Waals surface area contributed by atoms with Gasteiger partial charge in [-0.25, -0.2) is 8.78 Å². The number of nitrogens with one attached hydrogen (secondary N) is 1. The van der Waals surface area contributed by atoms with Crippen molar-refractivity contribution >= 4 is 5.69 Å². The number of nitriles is 1. The van der Waals surface area contributed by atoms with Crippen LogP contribution in [0.2, 0.25) is 0 Å². The minimum Gasteiger partial charge on any atom is -0.377 e. The molecule has 0 aromatic heterocycles. The summed E-state index contributed by atoms with van der Waals surface area (Å²) < 4.78 is 27.1. The molecule has 2 nitrogen and oxygen atoms in total. The minimum absolute atomic E-state index is 0.0958. The third-order valence-corrected chi connectivity index (χ3v) is 3.59. The molecule has 17 heavy (non-hydrogen) atoms. The third kappa shape index (κ3) is 1.97. The second-order valence-corrected chi connectivity index (χ2v) is 4.51. The second kappa shape index (κ2) is 4.33. The van der Waals surface area contributed by atoms with E-state index in [1.807, 2.05) is 6.92 Å². The van der Waals surface area contributed by atoms with Crippen LogP contribution in [0.3, 0.4) is 0 Å². The number of benzene rings is 1. The maximum Gasteiger partial charge on any atom is 0.183 e. The van der Waals surface area contributed by atoms with Crippen LogP contribution in [-0.2, 0) is 0 Å². The zero-order valence-electron chi connectivity index (χ0n) is 9.69. The van der Waals surface area contributed by atoms with Gasteiger partial charge in [0.25, 0.3) is 0 Å². The third-order valence-electron chi connectivity index (χ3n) is 3.59. The molecule has 0 bridgehead atoms. The maximum atomic E-state index is 13.7. The topological polar surface area (TPSA) is 35.8 Å². The summed E-state index contributed by atoms with van der Waals surface area (Å²) in [4.78, 5) is 0. The molecule has 0 unspecified atom stereocenters. The lowest BCUT2D eigenvalue weighted by Gasteiger charge is -2.43. The Kier molecular flexibility index (Phi) is 3.01. The van der Waals surface area contributed by atoms with Gasteiger partial charge in [0, 0.05) is 5.54 Å². The summed E-state index contributed by atoms with van der Waals surface area (Å²) in [5.74, 6) is -2.02. The predicted octanol–water partition coefficient (Wildman–Crippen LogP) is 3.58. The Labute approximate surface area is 99.3 Å². The molecule has 0 aliphatic heterocycles. The Balaban J connectivity index is 2.29. The molecule has 0 radical (unpaired) electrons. The summed E-state index contributed by atoms with van der Waals surface area (Å²) in [5, 5.41) is 11.7. The lowest BCUT2D eigenvalue weighted by molar-refractivity contribution is 0.268. The van der Waals surface area contributed by atoms with Gasteiger partial charge >= 0.3 is 0 Å². The fourth-order valence-electron chi connectivity index (χ4n) is 2.19. The van der Waals surface area contributed by atoms with Crippen molar-refractivity contribution in [3.05, 3.63) is 29.3 Å². The van der Waals surface area contributed by atoms with Gasteiger partial charge in [-0.15, -0.1) is 0 Å². The summed E-state index contributed by atoms with van der Waals surface area (Å²) >= 11 is 0. The van der Waals surface area contributed by atoms with Crippen LogP contribution in [0.4, 0.5) is 14.5 Å². The quantitative estimate of drug-likeness (QED) is 0.870. The van der Waals surface area contributed by atoms with E-state index in [1.54, 1.807) is 6.07 Å². The lowest BCUT2D eigenvalue weighted by atomic mass is 9.74. The van der Waals surface area contributed by atoms with Gasteiger partial charge in [-0.1, -0.05) is 6.92 Å². The van der Waals surface area contributed by atoms with E-state index in [9.17, 15) is 8.78 Å². The first kappa shape index (κ1) is 11.8. The van der Waals surface area contributed by atoms with Crippen LogP contribution in [0.25, 0.3) is 0 Å². The highest BCUT2D eigenvalue weighted by Crippen LogP contribution is 2.38. The Morgan fingerprint density at radius 2 is 2.06 bits per heavy atom. The molecule has 1 N–H and O–H groups in total. The fourth-order valence-corrected chi connectivity index (χ4v) is 2.19. The van der Waals surface area contributed by atoms with Gasteiger partial charge in [0.2, 0.25) is 0 Å². The molecule has 4 heteroatoms. The van der Waals surface area contributed by atoms with E-state index in [1.165, 1.54) is 12.1 Å². The summed E-state index contributed by atoms with van der Waals surface area (Å²) in [6, 6.07) is 4.37. The Hall–Kier alpha value is -1.63. The number of hydrogen-bond acceptors (Lipinski definition) is 2. The van der Waals surface area contributed by atoms with Gasteiger partial charge < -0.3 is 5.32 Å². The van der Waals surface area contributed by atoms with Crippen LogP contribution < -0.4 is 5.32 Å². The van der Waals surface area contributed by atoms with Crippen LogP contribution in [-0.4, -0.2) is 5.54 Å². The molecule has 1 aromatic rings. The van der Waals surface area contributed by atoms with Crippen molar-refractivity contribution in [1.29, 1.82) is 5.26 Å². The molecule has 1 aliphatic rings. The Morgan fingerprint density at radius 3 is 2.53 bits per heavy atom. The van der Waals surface area contributed by atoms with E-state index in [-0.39, 0.29) is 16.8 Å². The highest BCUT2D eigenvalue weighted by Gasteiger charge is 2.35. The van der Waals surface area contributed by atoms with Gasteiger partial charge in [-0.3, -0.25) is 0 Å². The monoisotopic (exact) mass is 236 g/mol. The standard InChI is InChI=1S/C13H14F2N2/c1-2-13(6-3-7-13)17-10-5-4-9(8-16)11(14)12(10)15/h4-5,17H,2-3,6-7H2,1H3. The van der Waals surface area contributed by atoms with Crippen molar-refractivity contribution in [3.63, 3.8) is 0 Å². The van der Waals surface area contributed by atoms with Gasteiger partial charge in [0.1, 0.15) is 6.07 Å². The zero-order valence-corrected chi connectivity index (χ0v) is 9.69. The van der Waals surface area contributed by atoms with E-state index >= 15 is 0 Å². The smallest absolute Gasteiger partial charge is 0.183 e. The average molecular weight is 236 g/mol. The molecule has 0 spiro atoms. The normalized spacial score (nSPS) is 17.1. The van der Waals surface area contributed by atoms with Gasteiger partial charge in [0.15, 0.2) is 11.6 Å². The number of halogens is 2. The van der Waals surface area contributed by atoms with Crippen LogP contribution >= 0.6 is 0 Å². The van der Waals surface area contributed by atoms with Gasteiger partial charge in [-0.05, 0) is 37.8 Å². The fraction of sp³-hybridized carbons (Fsp3) is 0.462. The first-order valence-electron chi connectivity index (χ1n) is 5.78. The Morgan fingerprint density at radius 1 is 1.35 bits per heavy atom. The molecule has 1 aliphatic carbocycles. The van der Waals surface area contributed by atoms with Gasteiger partial charge in [0.05, 0.1) is 11.3 Å². The van der Waals surface area contributed by atoms with Gasteiger partial charge in [-0.2, -0.15) is 5.26 Å². The highest BCUT2D eigenvalue weighted by atomic mass is 19.2. The molecular formula is C13H14F2N2. The molecule has 2 rings (SSSR count). The molecule has 1 aromatic carbocycles. The predicted molar refractivity (Wildman–Crippen MR) is 61.6 cm³/mol. The lowest BCUT2D eigenvalue weighted by Crippen LogP contribution is -2.44. The summed E-state index contributed by atoms with van der Waals surface area (Å²) in [5.41, 5.74) is -0.197. The van der Waals surface area contributed by atoms with E-state index in [4.69, 9.17) is 5.26 Å². The van der Waals surface area contributed by atoms with Crippen molar-refractivity contribution in [1.82, 2.24) is 0 Å². The SMILES string of the molecule is CCC1(Nc2ccc(C#N)c(F)c2F)CCC1. The van der Waals surface area contributed by atoms with Crippen LogP contribution in [0.5, 0.6) is 0 Å². The van der Waals surface area contributed by atoms with Crippen molar-refractivity contribution in [2.24, 2.45) is 0 Å². The first-order valence-corrected chi connectivity index (χ1v) is 5.78. The molecule has 0 amide bonds. The van der Waals surface area contributed by atoms with Crippen LogP contribution in [0, 0.1) is 23.0 Å². The van der Waals surface area contributed by atoms with Crippen molar-refractivity contribution in [2.75, 3.05) is 5.32 Å². The van der Waals surface area contributed by atoms with Crippen molar-refractivity contribution in [3.8, 4) is 6.07 Å². The van der Waals surface area contributed by atoms with Crippen LogP contribution in [0.15, 0.2) is 12.1 Å². The maximum absolute atomic E-state index is 13.7. The van der Waals surface area contributed by atoms with E-state index in [2.05, 4.69) is 5.32 Å². The number of rotatable bonds is 3. The minimum atomic E-state index is -1.07.